The number of nitrogens with zero attached hydrogens (tertiary/aromatic N) is 2. The SMILES string of the molecule is O=S(=O)(Oc1cccc2nc3ccccc3nc12)C(F)(F)F. The third kappa shape index (κ3) is 2.43. The van der Waals surface area contributed by atoms with Gasteiger partial charge in [-0.1, -0.05) is 18.2 Å². The molecule has 9 heteroatoms. The summed E-state index contributed by atoms with van der Waals surface area (Å²) in [4.78, 5) is 8.34. The van der Waals surface area contributed by atoms with Crippen LogP contribution in [-0.2, 0) is 10.1 Å². The highest BCUT2D eigenvalue weighted by Gasteiger charge is 2.48. The second-order valence-corrected chi connectivity index (χ2v) is 5.86. The van der Waals surface area contributed by atoms with Crippen LogP contribution in [0.15, 0.2) is 42.5 Å². The second-order valence-electron chi connectivity index (χ2n) is 4.32. The molecule has 5 nitrogen and oxygen atoms in total. The fourth-order valence-corrected chi connectivity index (χ4v) is 2.31. The number of benzene rings is 2. The molecule has 0 N–H and O–H groups in total. The van der Waals surface area contributed by atoms with Crippen LogP contribution >= 0.6 is 0 Å². The van der Waals surface area contributed by atoms with Gasteiger partial charge in [0.15, 0.2) is 5.75 Å². The lowest BCUT2D eigenvalue weighted by atomic mass is 10.2. The third-order valence-corrected chi connectivity index (χ3v) is 3.78. The molecule has 114 valence electrons. The van der Waals surface area contributed by atoms with E-state index in [0.29, 0.717) is 11.0 Å². The molecule has 2 aromatic carbocycles. The summed E-state index contributed by atoms with van der Waals surface area (Å²) in [6, 6.07) is 10.6. The second kappa shape index (κ2) is 4.80. The van der Waals surface area contributed by atoms with Crippen molar-refractivity contribution in [2.45, 2.75) is 5.51 Å². The standard InChI is InChI=1S/C13H7F3N2O3S/c14-13(15,16)22(19,20)21-11-7-3-6-10-12(11)18-9-5-2-1-4-8(9)17-10/h1-7H. The molecule has 0 amide bonds. The molecule has 0 aliphatic carbocycles. The molecule has 1 heterocycles. The van der Waals surface area contributed by atoms with E-state index in [4.69, 9.17) is 0 Å². The van der Waals surface area contributed by atoms with Gasteiger partial charge in [-0.3, -0.25) is 0 Å². The summed E-state index contributed by atoms with van der Waals surface area (Å²) < 4.78 is 63.7. The van der Waals surface area contributed by atoms with Crippen molar-refractivity contribution in [2.24, 2.45) is 0 Å². The van der Waals surface area contributed by atoms with Crippen molar-refractivity contribution in [3.63, 3.8) is 0 Å². The zero-order valence-electron chi connectivity index (χ0n) is 10.7. The first-order valence-electron chi connectivity index (χ1n) is 5.94. The molecule has 0 atom stereocenters. The van der Waals surface area contributed by atoms with Crippen LogP contribution in [0.4, 0.5) is 13.2 Å². The highest BCUT2D eigenvalue weighted by molar-refractivity contribution is 7.88. The number of halogens is 3. The summed E-state index contributed by atoms with van der Waals surface area (Å²) in [6.45, 7) is 0. The maximum atomic E-state index is 12.4. The van der Waals surface area contributed by atoms with Gasteiger partial charge in [-0.25, -0.2) is 9.97 Å². The Morgan fingerprint density at radius 1 is 0.864 bits per heavy atom. The Labute approximate surface area is 122 Å². The Morgan fingerprint density at radius 2 is 1.45 bits per heavy atom. The van der Waals surface area contributed by atoms with Gasteiger partial charge in [0.1, 0.15) is 5.52 Å². The molecule has 0 radical (unpaired) electrons. The van der Waals surface area contributed by atoms with E-state index < -0.39 is 21.4 Å². The molecular weight excluding hydrogens is 321 g/mol. The van der Waals surface area contributed by atoms with Gasteiger partial charge in [-0.15, -0.1) is 0 Å². The van der Waals surface area contributed by atoms with E-state index in [1.807, 2.05) is 0 Å². The maximum absolute atomic E-state index is 12.4. The molecule has 0 spiro atoms. The predicted octanol–water partition coefficient (Wildman–Crippen LogP) is 3.01. The van der Waals surface area contributed by atoms with Gasteiger partial charge in [0.25, 0.3) is 0 Å². The van der Waals surface area contributed by atoms with Crippen LogP contribution in [0, 0.1) is 0 Å². The van der Waals surface area contributed by atoms with E-state index in [1.54, 1.807) is 24.3 Å². The molecule has 0 unspecified atom stereocenters. The monoisotopic (exact) mass is 328 g/mol. The normalized spacial score (nSPS) is 12.7. The average Bonchev–Trinajstić information content (AvgIpc) is 2.44. The summed E-state index contributed by atoms with van der Waals surface area (Å²) in [7, 11) is -5.76. The largest absolute Gasteiger partial charge is 0.534 e. The molecule has 0 aliphatic rings. The first kappa shape index (κ1) is 14.5. The highest BCUT2D eigenvalue weighted by atomic mass is 32.2. The Hall–Kier alpha value is -2.42. The number of alkyl halides is 3. The van der Waals surface area contributed by atoms with Crippen LogP contribution in [0.5, 0.6) is 5.75 Å². The quantitative estimate of drug-likeness (QED) is 0.411. The summed E-state index contributed by atoms with van der Waals surface area (Å²) in [6.07, 6.45) is 0. The maximum Gasteiger partial charge on any atom is 0.534 e. The van der Waals surface area contributed by atoms with Gasteiger partial charge < -0.3 is 4.18 Å². The molecule has 22 heavy (non-hydrogen) atoms. The Kier molecular flexibility index (Phi) is 3.17. The zero-order valence-corrected chi connectivity index (χ0v) is 11.5. The molecule has 0 bridgehead atoms. The highest BCUT2D eigenvalue weighted by Crippen LogP contribution is 2.31. The van der Waals surface area contributed by atoms with Crippen molar-refractivity contribution in [1.82, 2.24) is 9.97 Å². The van der Waals surface area contributed by atoms with Crippen molar-refractivity contribution >= 4 is 32.2 Å². The number of aromatic nitrogens is 2. The lowest BCUT2D eigenvalue weighted by molar-refractivity contribution is -0.0499. The fourth-order valence-electron chi connectivity index (χ4n) is 1.85. The van der Waals surface area contributed by atoms with Crippen LogP contribution < -0.4 is 4.18 Å². The number of hydrogen-bond acceptors (Lipinski definition) is 5. The van der Waals surface area contributed by atoms with Gasteiger partial charge in [-0.2, -0.15) is 21.6 Å². The minimum Gasteiger partial charge on any atom is -0.374 e. The molecule has 0 aliphatic heterocycles. The van der Waals surface area contributed by atoms with Crippen molar-refractivity contribution in [3.8, 4) is 5.75 Å². The molecule has 3 rings (SSSR count). The molecule has 0 saturated heterocycles. The summed E-state index contributed by atoms with van der Waals surface area (Å²) in [5.41, 5.74) is -4.40. The fraction of sp³-hybridized carbons (Fsp3) is 0.0769. The summed E-state index contributed by atoms with van der Waals surface area (Å²) >= 11 is 0. The molecule has 0 fully saturated rings. The first-order chi connectivity index (χ1) is 10.3. The predicted molar refractivity (Wildman–Crippen MR) is 72.6 cm³/mol. The van der Waals surface area contributed by atoms with Crippen LogP contribution in [0.3, 0.4) is 0 Å². The van der Waals surface area contributed by atoms with E-state index in [-0.39, 0.29) is 11.0 Å². The summed E-state index contributed by atoms with van der Waals surface area (Å²) in [5.74, 6) is -0.520. The van der Waals surface area contributed by atoms with E-state index in [2.05, 4.69) is 14.2 Å². The van der Waals surface area contributed by atoms with Gasteiger partial charge in [0, 0.05) is 0 Å². The number of rotatable bonds is 2. The van der Waals surface area contributed by atoms with Crippen molar-refractivity contribution in [3.05, 3.63) is 42.5 Å². The lowest BCUT2D eigenvalue weighted by Crippen LogP contribution is -2.28. The van der Waals surface area contributed by atoms with E-state index in [9.17, 15) is 21.6 Å². The molecule has 0 saturated carbocycles. The average molecular weight is 328 g/mol. The molecule has 1 aromatic heterocycles. The van der Waals surface area contributed by atoms with E-state index in [0.717, 1.165) is 6.07 Å². The van der Waals surface area contributed by atoms with E-state index in [1.165, 1.54) is 12.1 Å². The van der Waals surface area contributed by atoms with Gasteiger partial charge >= 0.3 is 15.6 Å². The minimum atomic E-state index is -5.76. The van der Waals surface area contributed by atoms with Crippen molar-refractivity contribution in [1.29, 1.82) is 0 Å². The smallest absolute Gasteiger partial charge is 0.374 e. The minimum absolute atomic E-state index is 0.0611. The lowest BCUT2D eigenvalue weighted by Gasteiger charge is -2.11. The van der Waals surface area contributed by atoms with Crippen LogP contribution in [0.2, 0.25) is 0 Å². The van der Waals surface area contributed by atoms with Crippen LogP contribution in [0.25, 0.3) is 22.1 Å². The van der Waals surface area contributed by atoms with E-state index >= 15 is 0 Å². The topological polar surface area (TPSA) is 69.2 Å². The van der Waals surface area contributed by atoms with Gasteiger partial charge in [0.2, 0.25) is 0 Å². The first-order valence-corrected chi connectivity index (χ1v) is 7.35. The Bertz CT molecular complexity index is 971. The van der Waals surface area contributed by atoms with Gasteiger partial charge in [-0.05, 0) is 24.3 Å². The Balaban J connectivity index is 2.20. The van der Waals surface area contributed by atoms with Crippen LogP contribution in [0.1, 0.15) is 0 Å². The number of fused-ring (bicyclic) bond motifs is 2. The molecular formula is C13H7F3N2O3S. The van der Waals surface area contributed by atoms with Crippen LogP contribution in [-0.4, -0.2) is 23.9 Å². The Morgan fingerprint density at radius 3 is 2.09 bits per heavy atom. The van der Waals surface area contributed by atoms with Crippen molar-refractivity contribution in [2.75, 3.05) is 0 Å². The van der Waals surface area contributed by atoms with Crippen molar-refractivity contribution < 1.29 is 25.8 Å². The van der Waals surface area contributed by atoms with Gasteiger partial charge in [0.05, 0.1) is 16.6 Å². The summed E-state index contributed by atoms with van der Waals surface area (Å²) in [5, 5.41) is 0. The third-order valence-electron chi connectivity index (χ3n) is 2.82. The molecule has 3 aromatic rings. The number of hydrogen-bond donors (Lipinski definition) is 0. The number of para-hydroxylation sites is 3. The zero-order chi connectivity index (χ0) is 16.0.